The molecule has 2 nitrogen and oxygen atoms in total. The van der Waals surface area contributed by atoms with Crippen molar-refractivity contribution in [1.29, 1.82) is 0 Å². The normalized spacial score (nSPS) is 11.4. The van der Waals surface area contributed by atoms with Crippen molar-refractivity contribution in [2.75, 3.05) is 12.4 Å². The van der Waals surface area contributed by atoms with Gasteiger partial charge in [0, 0.05) is 5.56 Å². The number of ether oxygens (including phenoxy) is 1. The van der Waals surface area contributed by atoms with Crippen LogP contribution in [0.1, 0.15) is 15.9 Å². The number of halogens is 5. The molecule has 1 rings (SSSR count). The molecule has 1 aromatic carbocycles. The molecule has 0 aliphatic heterocycles. The molecule has 0 saturated carbocycles. The Morgan fingerprint density at radius 2 is 2.06 bits per heavy atom. The maximum atomic E-state index is 12.8. The predicted octanol–water partition coefficient (Wildman–Crippen LogP) is 3.95. The van der Waals surface area contributed by atoms with Crippen molar-refractivity contribution in [3.05, 3.63) is 28.3 Å². The number of Topliss-reactive ketones (excluding diaryl/α,β-unsaturated/α-hetero) is 1. The molecule has 0 N–H and O–H groups in total. The number of hydrogen-bond donors (Lipinski definition) is 0. The van der Waals surface area contributed by atoms with Gasteiger partial charge < -0.3 is 4.74 Å². The van der Waals surface area contributed by atoms with Crippen LogP contribution in [0.5, 0.6) is 5.75 Å². The van der Waals surface area contributed by atoms with Gasteiger partial charge in [0.15, 0.2) is 5.78 Å². The number of carbonyl (C=O) groups is 1. The van der Waals surface area contributed by atoms with Crippen LogP contribution in [0.2, 0.25) is 5.02 Å². The zero-order valence-corrected chi connectivity index (χ0v) is 10.9. The van der Waals surface area contributed by atoms with Crippen LogP contribution >= 0.6 is 27.5 Å². The van der Waals surface area contributed by atoms with Crippen LogP contribution in [-0.4, -0.2) is 18.2 Å². The van der Waals surface area contributed by atoms with Crippen molar-refractivity contribution in [1.82, 2.24) is 0 Å². The van der Waals surface area contributed by atoms with Crippen LogP contribution in [0.25, 0.3) is 0 Å². The van der Waals surface area contributed by atoms with E-state index in [2.05, 4.69) is 15.9 Å². The van der Waals surface area contributed by atoms with Gasteiger partial charge in [-0.1, -0.05) is 27.5 Å². The first kappa shape index (κ1) is 14.3. The SMILES string of the molecule is COc1ccc(C(=O)CBr)c(C(F)(F)F)c1Cl. The lowest BCUT2D eigenvalue weighted by molar-refractivity contribution is -0.137. The van der Waals surface area contributed by atoms with Gasteiger partial charge in [-0.05, 0) is 12.1 Å². The molecule has 94 valence electrons. The first-order chi connectivity index (χ1) is 7.82. The van der Waals surface area contributed by atoms with Crippen molar-refractivity contribution < 1.29 is 22.7 Å². The third-order valence-electron chi connectivity index (χ3n) is 2.03. The smallest absolute Gasteiger partial charge is 0.418 e. The van der Waals surface area contributed by atoms with Crippen LogP contribution in [0, 0.1) is 0 Å². The van der Waals surface area contributed by atoms with Crippen molar-refractivity contribution in [2.45, 2.75) is 6.18 Å². The molecule has 1 aromatic rings. The Labute approximate surface area is 109 Å². The van der Waals surface area contributed by atoms with Gasteiger partial charge in [-0.25, -0.2) is 0 Å². The number of benzene rings is 1. The standard InChI is InChI=1S/C10H7BrClF3O2/c1-17-7-3-2-5(6(16)4-11)8(9(7)12)10(13,14)15/h2-3H,4H2,1H3. The summed E-state index contributed by atoms with van der Waals surface area (Å²) < 4.78 is 43.1. The van der Waals surface area contributed by atoms with Gasteiger partial charge in [0.05, 0.1) is 23.0 Å². The van der Waals surface area contributed by atoms with Crippen LogP contribution in [0.4, 0.5) is 13.2 Å². The Hall–Kier alpha value is -0.750. The van der Waals surface area contributed by atoms with Gasteiger partial charge in [-0.15, -0.1) is 0 Å². The summed E-state index contributed by atoms with van der Waals surface area (Å²) in [6.45, 7) is 0. The minimum atomic E-state index is -4.71. The lowest BCUT2D eigenvalue weighted by Gasteiger charge is -2.15. The Morgan fingerprint density at radius 1 is 1.47 bits per heavy atom. The maximum absolute atomic E-state index is 12.8. The van der Waals surface area contributed by atoms with Crippen LogP contribution in [0.15, 0.2) is 12.1 Å². The highest BCUT2D eigenvalue weighted by molar-refractivity contribution is 9.09. The Bertz CT molecular complexity index is 446. The molecule has 0 atom stereocenters. The summed E-state index contributed by atoms with van der Waals surface area (Å²) in [6, 6.07) is 2.28. The van der Waals surface area contributed by atoms with Crippen molar-refractivity contribution in [3.8, 4) is 5.75 Å². The predicted molar refractivity (Wildman–Crippen MR) is 61.1 cm³/mol. The maximum Gasteiger partial charge on any atom is 0.418 e. The largest absolute Gasteiger partial charge is 0.495 e. The number of alkyl halides is 4. The second-order valence-electron chi connectivity index (χ2n) is 3.06. The molecule has 0 radical (unpaired) electrons. The fourth-order valence-electron chi connectivity index (χ4n) is 1.30. The van der Waals surface area contributed by atoms with E-state index < -0.39 is 28.1 Å². The van der Waals surface area contributed by atoms with E-state index in [-0.39, 0.29) is 11.1 Å². The summed E-state index contributed by atoms with van der Waals surface area (Å²) in [6.07, 6.45) is -4.71. The molecule has 0 aliphatic carbocycles. The summed E-state index contributed by atoms with van der Waals surface area (Å²) in [4.78, 5) is 11.4. The molecular formula is C10H7BrClF3O2. The highest BCUT2D eigenvalue weighted by Gasteiger charge is 2.38. The molecule has 17 heavy (non-hydrogen) atoms. The van der Waals surface area contributed by atoms with E-state index >= 15 is 0 Å². The van der Waals surface area contributed by atoms with E-state index in [1.165, 1.54) is 13.2 Å². The van der Waals surface area contributed by atoms with Gasteiger partial charge in [0.1, 0.15) is 5.75 Å². The van der Waals surface area contributed by atoms with E-state index in [0.717, 1.165) is 6.07 Å². The average molecular weight is 332 g/mol. The van der Waals surface area contributed by atoms with Gasteiger partial charge in [0.2, 0.25) is 0 Å². The number of ketones is 1. The lowest BCUT2D eigenvalue weighted by Crippen LogP contribution is -2.15. The summed E-state index contributed by atoms with van der Waals surface area (Å²) in [5.41, 5.74) is -1.64. The molecule has 0 bridgehead atoms. The van der Waals surface area contributed by atoms with Crippen LogP contribution in [0.3, 0.4) is 0 Å². The second kappa shape index (κ2) is 5.27. The Morgan fingerprint density at radius 3 is 2.47 bits per heavy atom. The van der Waals surface area contributed by atoms with Crippen molar-refractivity contribution in [2.24, 2.45) is 0 Å². The zero-order valence-electron chi connectivity index (χ0n) is 8.57. The molecule has 0 aromatic heterocycles. The molecule has 0 heterocycles. The number of hydrogen-bond acceptors (Lipinski definition) is 2. The van der Waals surface area contributed by atoms with Crippen LogP contribution in [-0.2, 0) is 6.18 Å². The van der Waals surface area contributed by atoms with E-state index in [1.54, 1.807) is 0 Å². The average Bonchev–Trinajstić information content (AvgIpc) is 2.25. The molecule has 0 unspecified atom stereocenters. The third kappa shape index (κ3) is 2.93. The van der Waals surface area contributed by atoms with Crippen molar-refractivity contribution in [3.63, 3.8) is 0 Å². The molecule has 0 fully saturated rings. The lowest BCUT2D eigenvalue weighted by atomic mass is 10.0. The molecule has 0 aliphatic rings. The first-order valence-corrected chi connectivity index (χ1v) is 5.85. The van der Waals surface area contributed by atoms with E-state index in [9.17, 15) is 18.0 Å². The topological polar surface area (TPSA) is 26.3 Å². The van der Waals surface area contributed by atoms with E-state index in [1.807, 2.05) is 0 Å². The summed E-state index contributed by atoms with van der Waals surface area (Å²) in [5.74, 6) is -0.813. The molecule has 0 saturated heterocycles. The zero-order chi connectivity index (χ0) is 13.2. The summed E-state index contributed by atoms with van der Waals surface area (Å²) in [5, 5.41) is -0.814. The third-order valence-corrected chi connectivity index (χ3v) is 2.92. The fraction of sp³-hybridized carbons (Fsp3) is 0.300. The number of methoxy groups -OCH3 is 1. The summed E-state index contributed by atoms with van der Waals surface area (Å²) >= 11 is 8.41. The Kier molecular flexibility index (Phi) is 4.43. The van der Waals surface area contributed by atoms with Crippen LogP contribution < -0.4 is 4.74 Å². The minimum absolute atomic E-state index is 0.120. The molecule has 0 amide bonds. The van der Waals surface area contributed by atoms with Crippen molar-refractivity contribution >= 4 is 33.3 Å². The quantitative estimate of drug-likeness (QED) is 0.619. The number of rotatable bonds is 3. The van der Waals surface area contributed by atoms with Gasteiger partial charge in [-0.2, -0.15) is 13.2 Å². The van der Waals surface area contributed by atoms with Gasteiger partial charge in [0.25, 0.3) is 0 Å². The summed E-state index contributed by atoms with van der Waals surface area (Å²) in [7, 11) is 1.20. The minimum Gasteiger partial charge on any atom is -0.495 e. The number of carbonyl (C=O) groups excluding carboxylic acids is 1. The van der Waals surface area contributed by atoms with Gasteiger partial charge >= 0.3 is 6.18 Å². The second-order valence-corrected chi connectivity index (χ2v) is 4.00. The molecule has 7 heteroatoms. The Balaban J connectivity index is 3.53. The van der Waals surface area contributed by atoms with E-state index in [0.29, 0.717) is 0 Å². The highest BCUT2D eigenvalue weighted by atomic mass is 79.9. The monoisotopic (exact) mass is 330 g/mol. The molecule has 0 spiro atoms. The van der Waals surface area contributed by atoms with Gasteiger partial charge in [-0.3, -0.25) is 4.79 Å². The first-order valence-electron chi connectivity index (χ1n) is 4.35. The fourth-order valence-corrected chi connectivity index (χ4v) is 1.95. The highest BCUT2D eigenvalue weighted by Crippen LogP contribution is 2.41. The molecular weight excluding hydrogens is 324 g/mol. The van der Waals surface area contributed by atoms with E-state index in [4.69, 9.17) is 16.3 Å².